The number of anilines is 1. The molecule has 1 N–H and O–H groups in total. The molecule has 0 heterocycles. The largest absolute Gasteiger partial charge is 0.381 e. The first-order chi connectivity index (χ1) is 6.66. The third kappa shape index (κ3) is 2.21. The summed E-state index contributed by atoms with van der Waals surface area (Å²) < 4.78 is 0. The van der Waals surface area contributed by atoms with Crippen LogP contribution in [-0.2, 0) is 0 Å². The number of halogens is 1. The molecule has 1 aliphatic rings. The van der Waals surface area contributed by atoms with Crippen molar-refractivity contribution >= 4 is 17.3 Å². The molecule has 1 aromatic rings. The van der Waals surface area contributed by atoms with Crippen molar-refractivity contribution < 1.29 is 0 Å². The van der Waals surface area contributed by atoms with E-state index in [1.54, 1.807) is 0 Å². The Balaban J connectivity index is 2.07. The van der Waals surface area contributed by atoms with Crippen LogP contribution in [0.2, 0.25) is 5.02 Å². The van der Waals surface area contributed by atoms with Gasteiger partial charge in [0.2, 0.25) is 0 Å². The van der Waals surface area contributed by atoms with Crippen molar-refractivity contribution in [1.82, 2.24) is 0 Å². The standard InChI is InChI=1S/C12H16ClN/c1-8-3-6-12(11(13)7-8)14-9(2)10-4-5-10/h3,6-7,9-10,14H,4-5H2,1-2H3. The van der Waals surface area contributed by atoms with Gasteiger partial charge in [-0.2, -0.15) is 0 Å². The second-order valence-electron chi connectivity index (χ2n) is 4.25. The SMILES string of the molecule is Cc1ccc(NC(C)C2CC2)c(Cl)c1. The Labute approximate surface area is 90.5 Å². The summed E-state index contributed by atoms with van der Waals surface area (Å²) in [6.45, 7) is 4.29. The molecule has 1 atom stereocenters. The Morgan fingerprint density at radius 1 is 1.43 bits per heavy atom. The van der Waals surface area contributed by atoms with Gasteiger partial charge in [0, 0.05) is 6.04 Å². The van der Waals surface area contributed by atoms with Crippen LogP contribution >= 0.6 is 11.6 Å². The molecule has 14 heavy (non-hydrogen) atoms. The minimum Gasteiger partial charge on any atom is -0.381 e. The summed E-state index contributed by atoms with van der Waals surface area (Å²) in [6, 6.07) is 6.71. The van der Waals surface area contributed by atoms with Gasteiger partial charge in [-0.05, 0) is 50.3 Å². The summed E-state index contributed by atoms with van der Waals surface area (Å²) in [6.07, 6.45) is 2.72. The third-order valence-electron chi connectivity index (χ3n) is 2.84. The molecule has 1 fully saturated rings. The summed E-state index contributed by atoms with van der Waals surface area (Å²) in [5.74, 6) is 0.854. The highest BCUT2D eigenvalue weighted by Gasteiger charge is 2.27. The highest BCUT2D eigenvalue weighted by atomic mass is 35.5. The van der Waals surface area contributed by atoms with Crippen LogP contribution in [0.4, 0.5) is 5.69 Å². The van der Waals surface area contributed by atoms with Gasteiger partial charge in [0.05, 0.1) is 10.7 Å². The van der Waals surface area contributed by atoms with Gasteiger partial charge < -0.3 is 5.32 Å². The van der Waals surface area contributed by atoms with Crippen LogP contribution in [0.25, 0.3) is 0 Å². The van der Waals surface area contributed by atoms with Gasteiger partial charge in [0.25, 0.3) is 0 Å². The number of benzene rings is 1. The van der Waals surface area contributed by atoms with E-state index in [-0.39, 0.29) is 0 Å². The fourth-order valence-corrected chi connectivity index (χ4v) is 1.99. The quantitative estimate of drug-likeness (QED) is 0.797. The molecule has 0 aliphatic heterocycles. The number of nitrogens with one attached hydrogen (secondary N) is 1. The van der Waals surface area contributed by atoms with Crippen molar-refractivity contribution in [2.24, 2.45) is 5.92 Å². The van der Waals surface area contributed by atoms with Gasteiger partial charge in [-0.3, -0.25) is 0 Å². The average Bonchev–Trinajstić information content (AvgIpc) is 2.92. The van der Waals surface area contributed by atoms with Crippen molar-refractivity contribution in [1.29, 1.82) is 0 Å². The maximum absolute atomic E-state index is 6.14. The predicted molar refractivity (Wildman–Crippen MR) is 62.0 cm³/mol. The second kappa shape index (κ2) is 3.82. The lowest BCUT2D eigenvalue weighted by Gasteiger charge is -2.15. The Kier molecular flexibility index (Phi) is 2.69. The first kappa shape index (κ1) is 9.85. The van der Waals surface area contributed by atoms with Crippen molar-refractivity contribution in [3.63, 3.8) is 0 Å². The van der Waals surface area contributed by atoms with Gasteiger partial charge in [-0.15, -0.1) is 0 Å². The van der Waals surface area contributed by atoms with Gasteiger partial charge in [0.15, 0.2) is 0 Å². The molecule has 0 amide bonds. The van der Waals surface area contributed by atoms with E-state index in [0.717, 1.165) is 16.6 Å². The van der Waals surface area contributed by atoms with Gasteiger partial charge in [-0.25, -0.2) is 0 Å². The molecule has 0 radical (unpaired) electrons. The number of aryl methyl sites for hydroxylation is 1. The summed E-state index contributed by atoms with van der Waals surface area (Å²) in [7, 11) is 0. The van der Waals surface area contributed by atoms with E-state index in [4.69, 9.17) is 11.6 Å². The van der Waals surface area contributed by atoms with E-state index in [0.29, 0.717) is 6.04 Å². The molecule has 0 bridgehead atoms. The van der Waals surface area contributed by atoms with Crippen LogP contribution in [0.5, 0.6) is 0 Å². The van der Waals surface area contributed by atoms with E-state index < -0.39 is 0 Å². The lowest BCUT2D eigenvalue weighted by atomic mass is 10.2. The summed E-state index contributed by atoms with van der Waals surface area (Å²) >= 11 is 6.14. The normalized spacial score (nSPS) is 17.9. The van der Waals surface area contributed by atoms with Crippen molar-refractivity contribution in [2.75, 3.05) is 5.32 Å². The Hall–Kier alpha value is -0.690. The fraction of sp³-hybridized carbons (Fsp3) is 0.500. The Morgan fingerprint density at radius 2 is 2.14 bits per heavy atom. The molecule has 0 spiro atoms. The summed E-state index contributed by atoms with van der Waals surface area (Å²) in [5.41, 5.74) is 2.27. The molecule has 1 aromatic carbocycles. The van der Waals surface area contributed by atoms with Crippen molar-refractivity contribution in [3.8, 4) is 0 Å². The molecule has 1 nitrogen and oxygen atoms in total. The maximum Gasteiger partial charge on any atom is 0.0640 e. The molecule has 2 rings (SSSR count). The Morgan fingerprint density at radius 3 is 2.71 bits per heavy atom. The van der Waals surface area contributed by atoms with E-state index >= 15 is 0 Å². The monoisotopic (exact) mass is 209 g/mol. The van der Waals surface area contributed by atoms with Crippen LogP contribution in [0.1, 0.15) is 25.3 Å². The van der Waals surface area contributed by atoms with Crippen LogP contribution in [0, 0.1) is 12.8 Å². The van der Waals surface area contributed by atoms with Gasteiger partial charge in [-0.1, -0.05) is 17.7 Å². The molecule has 1 saturated carbocycles. The second-order valence-corrected chi connectivity index (χ2v) is 4.66. The van der Waals surface area contributed by atoms with Crippen LogP contribution in [0.15, 0.2) is 18.2 Å². The topological polar surface area (TPSA) is 12.0 Å². The zero-order valence-corrected chi connectivity index (χ0v) is 9.43. The zero-order valence-electron chi connectivity index (χ0n) is 8.68. The molecule has 1 unspecified atom stereocenters. The number of hydrogen-bond donors (Lipinski definition) is 1. The summed E-state index contributed by atoms with van der Waals surface area (Å²) in [5, 5.41) is 4.30. The van der Waals surface area contributed by atoms with Crippen LogP contribution < -0.4 is 5.32 Å². The van der Waals surface area contributed by atoms with Gasteiger partial charge in [0.1, 0.15) is 0 Å². The lowest BCUT2D eigenvalue weighted by Crippen LogP contribution is -2.17. The summed E-state index contributed by atoms with van der Waals surface area (Å²) in [4.78, 5) is 0. The van der Waals surface area contributed by atoms with Crippen molar-refractivity contribution in [2.45, 2.75) is 32.7 Å². The highest BCUT2D eigenvalue weighted by Crippen LogP contribution is 2.35. The third-order valence-corrected chi connectivity index (χ3v) is 3.15. The van der Waals surface area contributed by atoms with E-state index in [1.165, 1.54) is 18.4 Å². The number of rotatable bonds is 3. The lowest BCUT2D eigenvalue weighted by molar-refractivity contribution is 0.694. The minimum absolute atomic E-state index is 0.551. The predicted octanol–water partition coefficient (Wildman–Crippen LogP) is 3.86. The number of hydrogen-bond acceptors (Lipinski definition) is 1. The first-order valence-electron chi connectivity index (χ1n) is 5.19. The van der Waals surface area contributed by atoms with Crippen molar-refractivity contribution in [3.05, 3.63) is 28.8 Å². The van der Waals surface area contributed by atoms with Gasteiger partial charge >= 0.3 is 0 Å². The molecule has 1 aliphatic carbocycles. The molecule has 0 aromatic heterocycles. The maximum atomic E-state index is 6.14. The fourth-order valence-electron chi connectivity index (χ4n) is 1.70. The molecule has 76 valence electrons. The molecule has 2 heteroatoms. The average molecular weight is 210 g/mol. The van der Waals surface area contributed by atoms with E-state index in [2.05, 4.69) is 31.3 Å². The smallest absolute Gasteiger partial charge is 0.0640 e. The van der Waals surface area contributed by atoms with Crippen LogP contribution in [-0.4, -0.2) is 6.04 Å². The van der Waals surface area contributed by atoms with E-state index in [1.807, 2.05) is 6.07 Å². The molecule has 0 saturated heterocycles. The first-order valence-corrected chi connectivity index (χ1v) is 5.57. The van der Waals surface area contributed by atoms with E-state index in [9.17, 15) is 0 Å². The molecular formula is C12H16ClN. The highest BCUT2D eigenvalue weighted by molar-refractivity contribution is 6.33. The molecular weight excluding hydrogens is 194 g/mol. The minimum atomic E-state index is 0.551. The van der Waals surface area contributed by atoms with Crippen LogP contribution in [0.3, 0.4) is 0 Å². The zero-order chi connectivity index (χ0) is 10.1. The Bertz CT molecular complexity index is 331.